The van der Waals surface area contributed by atoms with Gasteiger partial charge in [-0.25, -0.2) is 0 Å². The maximum Gasteiger partial charge on any atom is 0.416 e. The number of hydrogen-bond acceptors (Lipinski definition) is 5. The van der Waals surface area contributed by atoms with Gasteiger partial charge in [-0.05, 0) is 30.3 Å². The van der Waals surface area contributed by atoms with Gasteiger partial charge in [-0.1, -0.05) is 35.5 Å². The van der Waals surface area contributed by atoms with E-state index in [0.29, 0.717) is 16.6 Å². The Bertz CT molecular complexity index is 1030. The molecule has 0 spiro atoms. The molecule has 0 fully saturated rings. The number of nitrogens with one attached hydrogen (secondary N) is 1. The van der Waals surface area contributed by atoms with Gasteiger partial charge in [0.2, 0.25) is 5.91 Å². The molecule has 0 bridgehead atoms. The highest BCUT2D eigenvalue weighted by Crippen LogP contribution is 2.34. The highest BCUT2D eigenvalue weighted by molar-refractivity contribution is 7.99. The third-order valence-corrected chi connectivity index (χ3v) is 5.03. The van der Waals surface area contributed by atoms with Gasteiger partial charge in [-0.3, -0.25) is 9.36 Å². The molecule has 0 aliphatic heterocycles. The standard InChI is InChI=1S/C18H14ClF3N4O2S/c1-28-15-5-3-2-4-14(15)26-10-23-25-17(26)29-9-16(27)24-13-8-11(18(20,21)22)6-7-12(13)19/h2-8,10H,9H2,1H3,(H,24,27). The van der Waals surface area contributed by atoms with E-state index in [4.69, 9.17) is 16.3 Å². The van der Waals surface area contributed by atoms with Crippen LogP contribution in [0.3, 0.4) is 0 Å². The molecule has 0 aliphatic rings. The number of carbonyl (C=O) groups is 1. The average molecular weight is 443 g/mol. The number of carbonyl (C=O) groups excluding carboxylic acids is 1. The maximum atomic E-state index is 12.9. The third kappa shape index (κ3) is 5.01. The van der Waals surface area contributed by atoms with E-state index in [1.54, 1.807) is 16.7 Å². The van der Waals surface area contributed by atoms with E-state index in [0.717, 1.165) is 30.0 Å². The summed E-state index contributed by atoms with van der Waals surface area (Å²) in [6.45, 7) is 0. The first-order valence-electron chi connectivity index (χ1n) is 8.12. The van der Waals surface area contributed by atoms with Crippen molar-refractivity contribution in [3.8, 4) is 11.4 Å². The first-order chi connectivity index (χ1) is 13.8. The third-order valence-electron chi connectivity index (χ3n) is 3.76. The molecule has 152 valence electrons. The van der Waals surface area contributed by atoms with Crippen molar-refractivity contribution >= 4 is 35.0 Å². The highest BCUT2D eigenvalue weighted by Gasteiger charge is 2.31. The van der Waals surface area contributed by atoms with Gasteiger partial charge in [0.05, 0.1) is 34.8 Å². The quantitative estimate of drug-likeness (QED) is 0.561. The van der Waals surface area contributed by atoms with Crippen LogP contribution >= 0.6 is 23.4 Å². The van der Waals surface area contributed by atoms with E-state index >= 15 is 0 Å². The molecule has 11 heteroatoms. The number of halogens is 4. The zero-order chi connectivity index (χ0) is 21.0. The van der Waals surface area contributed by atoms with Crippen molar-refractivity contribution in [1.29, 1.82) is 0 Å². The Balaban J connectivity index is 1.71. The monoisotopic (exact) mass is 442 g/mol. The van der Waals surface area contributed by atoms with Crippen molar-refractivity contribution < 1.29 is 22.7 Å². The van der Waals surface area contributed by atoms with Gasteiger partial charge in [-0.15, -0.1) is 10.2 Å². The summed E-state index contributed by atoms with van der Waals surface area (Å²) >= 11 is 6.97. The number of benzene rings is 2. The van der Waals surface area contributed by atoms with Crippen LogP contribution in [0.15, 0.2) is 53.9 Å². The molecule has 0 unspecified atom stereocenters. The first kappa shape index (κ1) is 21.0. The fourth-order valence-corrected chi connectivity index (χ4v) is 3.32. The fourth-order valence-electron chi connectivity index (χ4n) is 2.43. The number of para-hydroxylation sites is 2. The number of thioether (sulfide) groups is 1. The van der Waals surface area contributed by atoms with Gasteiger partial charge in [0.1, 0.15) is 12.1 Å². The van der Waals surface area contributed by atoms with Crippen LogP contribution in [0.25, 0.3) is 5.69 Å². The minimum absolute atomic E-state index is 0.00791. The van der Waals surface area contributed by atoms with Gasteiger partial charge in [0.25, 0.3) is 0 Å². The predicted octanol–water partition coefficient (Wildman–Crippen LogP) is 4.68. The largest absolute Gasteiger partial charge is 0.495 e. The van der Waals surface area contributed by atoms with Gasteiger partial charge in [-0.2, -0.15) is 13.2 Å². The molecule has 3 aromatic rings. The summed E-state index contributed by atoms with van der Waals surface area (Å²) in [4.78, 5) is 12.2. The van der Waals surface area contributed by atoms with Crippen LogP contribution in [-0.2, 0) is 11.0 Å². The second-order valence-electron chi connectivity index (χ2n) is 5.68. The molecule has 1 N–H and O–H groups in total. The predicted molar refractivity (Wildman–Crippen MR) is 104 cm³/mol. The normalized spacial score (nSPS) is 11.3. The van der Waals surface area contributed by atoms with Crippen molar-refractivity contribution in [2.75, 3.05) is 18.2 Å². The molecule has 1 aromatic heterocycles. The van der Waals surface area contributed by atoms with Gasteiger partial charge in [0.15, 0.2) is 5.16 Å². The Morgan fingerprint density at radius 3 is 2.76 bits per heavy atom. The summed E-state index contributed by atoms with van der Waals surface area (Å²) in [5.41, 5.74) is -0.331. The number of aromatic nitrogens is 3. The van der Waals surface area contributed by atoms with Crippen molar-refractivity contribution in [3.63, 3.8) is 0 Å². The lowest BCUT2D eigenvalue weighted by Crippen LogP contribution is -2.16. The Morgan fingerprint density at radius 1 is 1.28 bits per heavy atom. The molecule has 6 nitrogen and oxygen atoms in total. The topological polar surface area (TPSA) is 69.0 Å². The zero-order valence-corrected chi connectivity index (χ0v) is 16.5. The number of methoxy groups -OCH3 is 1. The van der Waals surface area contributed by atoms with E-state index in [1.165, 1.54) is 13.4 Å². The second-order valence-corrected chi connectivity index (χ2v) is 7.03. The molecule has 1 amide bonds. The molecule has 1 heterocycles. The lowest BCUT2D eigenvalue weighted by atomic mass is 10.2. The molecule has 0 radical (unpaired) electrons. The Labute approximate surface area is 173 Å². The first-order valence-corrected chi connectivity index (χ1v) is 9.48. The lowest BCUT2D eigenvalue weighted by molar-refractivity contribution is -0.137. The zero-order valence-electron chi connectivity index (χ0n) is 14.9. The van der Waals surface area contributed by atoms with Crippen molar-refractivity contribution in [3.05, 3.63) is 59.4 Å². The van der Waals surface area contributed by atoms with Crippen LogP contribution in [0.2, 0.25) is 5.02 Å². The molecule has 29 heavy (non-hydrogen) atoms. The minimum Gasteiger partial charge on any atom is -0.495 e. The summed E-state index contributed by atoms with van der Waals surface area (Å²) in [5, 5.41) is 10.6. The number of rotatable bonds is 6. The Morgan fingerprint density at radius 2 is 2.03 bits per heavy atom. The smallest absolute Gasteiger partial charge is 0.416 e. The number of ether oxygens (including phenoxy) is 1. The number of alkyl halides is 3. The molecular weight excluding hydrogens is 429 g/mol. The number of hydrogen-bond donors (Lipinski definition) is 1. The summed E-state index contributed by atoms with van der Waals surface area (Å²) in [6, 6.07) is 9.93. The van der Waals surface area contributed by atoms with E-state index < -0.39 is 17.6 Å². The molecule has 3 rings (SSSR count). The van der Waals surface area contributed by atoms with Gasteiger partial charge in [0, 0.05) is 0 Å². The highest BCUT2D eigenvalue weighted by atomic mass is 35.5. The summed E-state index contributed by atoms with van der Waals surface area (Å²) in [6.07, 6.45) is -3.06. The number of amides is 1. The molecule has 0 saturated carbocycles. The van der Waals surface area contributed by atoms with Crippen molar-refractivity contribution in [2.45, 2.75) is 11.3 Å². The average Bonchev–Trinajstić information content (AvgIpc) is 3.15. The molecule has 0 aliphatic carbocycles. The Kier molecular flexibility index (Phi) is 6.33. The van der Waals surface area contributed by atoms with E-state index in [1.807, 2.05) is 12.1 Å². The maximum absolute atomic E-state index is 12.9. The second kappa shape index (κ2) is 8.75. The SMILES string of the molecule is COc1ccccc1-n1cnnc1SCC(=O)Nc1cc(C(F)(F)F)ccc1Cl. The van der Waals surface area contributed by atoms with Crippen LogP contribution in [-0.4, -0.2) is 33.5 Å². The van der Waals surface area contributed by atoms with Crippen molar-refractivity contribution in [2.24, 2.45) is 0 Å². The number of nitrogens with zero attached hydrogens (tertiary/aromatic N) is 3. The Hall–Kier alpha value is -2.72. The van der Waals surface area contributed by atoms with Crippen LogP contribution in [0, 0.1) is 0 Å². The fraction of sp³-hybridized carbons (Fsp3) is 0.167. The van der Waals surface area contributed by atoms with Gasteiger partial charge < -0.3 is 10.1 Å². The van der Waals surface area contributed by atoms with Gasteiger partial charge >= 0.3 is 6.18 Å². The molecule has 0 atom stereocenters. The van der Waals surface area contributed by atoms with E-state index in [2.05, 4.69) is 15.5 Å². The van der Waals surface area contributed by atoms with E-state index in [-0.39, 0.29) is 16.5 Å². The van der Waals surface area contributed by atoms with Crippen LogP contribution < -0.4 is 10.1 Å². The molecular formula is C18H14ClF3N4O2S. The summed E-state index contributed by atoms with van der Waals surface area (Å²) in [7, 11) is 1.53. The van der Waals surface area contributed by atoms with Crippen molar-refractivity contribution in [1.82, 2.24) is 14.8 Å². The summed E-state index contributed by atoms with van der Waals surface area (Å²) < 4.78 is 45.5. The van der Waals surface area contributed by atoms with Crippen LogP contribution in [0.1, 0.15) is 5.56 Å². The number of anilines is 1. The summed E-state index contributed by atoms with van der Waals surface area (Å²) in [5.74, 6) is -0.0550. The van der Waals surface area contributed by atoms with Crippen LogP contribution in [0.4, 0.5) is 18.9 Å². The molecule has 2 aromatic carbocycles. The molecule has 0 saturated heterocycles. The van der Waals surface area contributed by atoms with E-state index in [9.17, 15) is 18.0 Å². The van der Waals surface area contributed by atoms with Crippen LogP contribution in [0.5, 0.6) is 5.75 Å². The minimum atomic E-state index is -4.54. The lowest BCUT2D eigenvalue weighted by Gasteiger charge is -2.12.